The van der Waals surface area contributed by atoms with Crippen LogP contribution in [0.4, 0.5) is 0 Å². The van der Waals surface area contributed by atoms with Crippen LogP contribution < -0.4 is 13.6 Å². The maximum absolute atomic E-state index is 6.31. The van der Waals surface area contributed by atoms with Crippen molar-refractivity contribution < 1.29 is 13.6 Å². The molecule has 3 rings (SSSR count). The summed E-state index contributed by atoms with van der Waals surface area (Å²) < 4.78 is 17.9. The van der Waals surface area contributed by atoms with Gasteiger partial charge in [-0.1, -0.05) is 71.0 Å². The number of hydrogen-bond donors (Lipinski definition) is 0. The van der Waals surface area contributed by atoms with Gasteiger partial charge in [-0.25, -0.2) is 0 Å². The van der Waals surface area contributed by atoms with Crippen molar-refractivity contribution in [3.63, 3.8) is 0 Å². The molecule has 170 valence electrons. The maximum Gasteiger partial charge on any atom is 0.454 e. The Morgan fingerprint density at radius 3 is 1.22 bits per heavy atom. The maximum atomic E-state index is 6.31. The number of hydrogen-bond acceptors (Lipinski definition) is 3. The molecule has 0 aromatic heterocycles. The predicted octanol–water partition coefficient (Wildman–Crippen LogP) is 7.48. The number of benzene rings is 3. The van der Waals surface area contributed by atoms with Crippen LogP contribution in [0.3, 0.4) is 0 Å². The highest BCUT2D eigenvalue weighted by Gasteiger charge is 2.30. The Balaban J connectivity index is 1.69. The molecule has 0 spiro atoms. The first-order valence-electron chi connectivity index (χ1n) is 11.1. The molecule has 0 aliphatic carbocycles. The average molecular weight is 449 g/mol. The highest BCUT2D eigenvalue weighted by Crippen LogP contribution is 2.34. The van der Waals surface area contributed by atoms with E-state index in [2.05, 4.69) is 84.1 Å². The molecule has 0 amide bonds. The van der Waals surface area contributed by atoms with E-state index in [0.717, 1.165) is 17.2 Å². The standard InChI is InChI=1S/C28H36O3Si/c1-27(2,3)21-9-17-25(18-10-21)30-32(7,8)31-26-19-13-23(14-20-26)28(4,5)22-11-15-24(29-6)16-12-22/h9-20H,1-8H3. The molecule has 0 heterocycles. The zero-order chi connectivity index (χ0) is 23.6. The lowest BCUT2D eigenvalue weighted by Crippen LogP contribution is -2.41. The van der Waals surface area contributed by atoms with Gasteiger partial charge in [-0.15, -0.1) is 0 Å². The van der Waals surface area contributed by atoms with Gasteiger partial charge in [-0.2, -0.15) is 0 Å². The Hall–Kier alpha value is -2.72. The summed E-state index contributed by atoms with van der Waals surface area (Å²) in [6, 6.07) is 25.0. The fourth-order valence-electron chi connectivity index (χ4n) is 3.73. The van der Waals surface area contributed by atoms with Crippen molar-refractivity contribution in [1.29, 1.82) is 0 Å². The fraction of sp³-hybridized carbons (Fsp3) is 0.357. The van der Waals surface area contributed by atoms with E-state index in [-0.39, 0.29) is 10.8 Å². The van der Waals surface area contributed by atoms with Crippen LogP contribution in [-0.2, 0) is 10.8 Å². The van der Waals surface area contributed by atoms with Crippen molar-refractivity contribution >= 4 is 8.56 Å². The topological polar surface area (TPSA) is 27.7 Å². The molecule has 0 N–H and O–H groups in total. The second-order valence-corrected chi connectivity index (χ2v) is 13.5. The summed E-state index contributed by atoms with van der Waals surface area (Å²) in [5, 5.41) is 0. The molecule has 0 atom stereocenters. The zero-order valence-corrected chi connectivity index (χ0v) is 21.7. The summed E-state index contributed by atoms with van der Waals surface area (Å²) in [5.74, 6) is 2.56. The minimum atomic E-state index is -2.40. The summed E-state index contributed by atoms with van der Waals surface area (Å²) in [7, 11) is -0.711. The van der Waals surface area contributed by atoms with Crippen LogP contribution in [0.15, 0.2) is 72.8 Å². The van der Waals surface area contributed by atoms with Crippen molar-refractivity contribution in [2.45, 2.75) is 58.5 Å². The highest BCUT2D eigenvalue weighted by atomic mass is 28.4. The van der Waals surface area contributed by atoms with Gasteiger partial charge >= 0.3 is 8.56 Å². The van der Waals surface area contributed by atoms with Crippen LogP contribution in [0, 0.1) is 0 Å². The van der Waals surface area contributed by atoms with Crippen LogP contribution in [0.2, 0.25) is 13.1 Å². The molecule has 0 saturated heterocycles. The van der Waals surface area contributed by atoms with Gasteiger partial charge in [0.05, 0.1) is 7.11 Å². The lowest BCUT2D eigenvalue weighted by atomic mass is 9.78. The molecule has 4 heteroatoms. The molecule has 3 nitrogen and oxygen atoms in total. The summed E-state index contributed by atoms with van der Waals surface area (Å²) in [5.41, 5.74) is 3.77. The van der Waals surface area contributed by atoms with Gasteiger partial charge in [0.2, 0.25) is 0 Å². The Morgan fingerprint density at radius 1 is 0.531 bits per heavy atom. The van der Waals surface area contributed by atoms with Crippen LogP contribution in [0.25, 0.3) is 0 Å². The molecular weight excluding hydrogens is 412 g/mol. The molecule has 3 aromatic carbocycles. The SMILES string of the molecule is COc1ccc(C(C)(C)c2ccc(O[Si](C)(C)Oc3ccc(C(C)(C)C)cc3)cc2)cc1. The van der Waals surface area contributed by atoms with Crippen molar-refractivity contribution in [1.82, 2.24) is 0 Å². The van der Waals surface area contributed by atoms with Gasteiger partial charge in [0.1, 0.15) is 17.2 Å². The second kappa shape index (κ2) is 9.03. The summed E-state index contributed by atoms with van der Waals surface area (Å²) in [6.45, 7) is 15.2. The Labute approximate surface area is 194 Å². The first kappa shape index (κ1) is 23.9. The first-order valence-corrected chi connectivity index (χ1v) is 14.0. The molecule has 0 aliphatic rings. The molecule has 0 unspecified atom stereocenters. The van der Waals surface area contributed by atoms with Crippen LogP contribution in [0.5, 0.6) is 17.2 Å². The van der Waals surface area contributed by atoms with Crippen molar-refractivity contribution in [2.24, 2.45) is 0 Å². The number of ether oxygens (including phenoxy) is 1. The van der Waals surface area contributed by atoms with Crippen molar-refractivity contribution in [2.75, 3.05) is 7.11 Å². The van der Waals surface area contributed by atoms with E-state index < -0.39 is 8.56 Å². The Kier molecular flexibility index (Phi) is 6.75. The van der Waals surface area contributed by atoms with Crippen LogP contribution in [0.1, 0.15) is 51.3 Å². The van der Waals surface area contributed by atoms with Gasteiger partial charge < -0.3 is 13.6 Å². The van der Waals surface area contributed by atoms with E-state index in [4.69, 9.17) is 13.6 Å². The molecule has 0 fully saturated rings. The molecule has 3 aromatic rings. The fourth-order valence-corrected chi connectivity index (χ4v) is 5.17. The third-order valence-corrected chi connectivity index (χ3v) is 7.29. The number of rotatable bonds is 7. The first-order chi connectivity index (χ1) is 14.9. The third-order valence-electron chi connectivity index (χ3n) is 5.84. The normalized spacial score (nSPS) is 12.4. The molecule has 0 radical (unpaired) electrons. The Bertz CT molecular complexity index is 1010. The number of methoxy groups -OCH3 is 1. The lowest BCUT2D eigenvalue weighted by molar-refractivity contribution is 0.399. The average Bonchev–Trinajstić information content (AvgIpc) is 2.73. The van der Waals surface area contributed by atoms with Gasteiger partial charge in [0.25, 0.3) is 0 Å². The van der Waals surface area contributed by atoms with Gasteiger partial charge in [0, 0.05) is 18.5 Å². The monoisotopic (exact) mass is 448 g/mol. The van der Waals surface area contributed by atoms with Gasteiger partial charge in [-0.05, 0) is 58.5 Å². The van der Waals surface area contributed by atoms with Gasteiger partial charge in [-0.3, -0.25) is 0 Å². The summed E-state index contributed by atoms with van der Waals surface area (Å²) in [4.78, 5) is 0. The van der Waals surface area contributed by atoms with Crippen LogP contribution in [-0.4, -0.2) is 15.7 Å². The molecule has 0 saturated carbocycles. The zero-order valence-electron chi connectivity index (χ0n) is 20.7. The Morgan fingerprint density at radius 2 is 0.875 bits per heavy atom. The quantitative estimate of drug-likeness (QED) is 0.351. The summed E-state index contributed by atoms with van der Waals surface area (Å²) >= 11 is 0. The second-order valence-electron chi connectivity index (χ2n) is 10.3. The van der Waals surface area contributed by atoms with Crippen molar-refractivity contribution in [3.05, 3.63) is 89.5 Å². The van der Waals surface area contributed by atoms with Crippen molar-refractivity contribution in [3.8, 4) is 17.2 Å². The van der Waals surface area contributed by atoms with E-state index >= 15 is 0 Å². The largest absolute Gasteiger partial charge is 0.512 e. The van der Waals surface area contributed by atoms with E-state index in [0.29, 0.717) is 0 Å². The molecule has 0 aliphatic heterocycles. The highest BCUT2D eigenvalue weighted by molar-refractivity contribution is 6.66. The van der Waals surface area contributed by atoms with Crippen LogP contribution >= 0.6 is 0 Å². The van der Waals surface area contributed by atoms with E-state index in [1.807, 2.05) is 36.4 Å². The smallest absolute Gasteiger partial charge is 0.454 e. The molecule has 32 heavy (non-hydrogen) atoms. The predicted molar refractivity (Wildman–Crippen MR) is 135 cm³/mol. The molecular formula is C28H36O3Si. The minimum Gasteiger partial charge on any atom is -0.512 e. The van der Waals surface area contributed by atoms with E-state index in [1.54, 1.807) is 7.11 Å². The lowest BCUT2D eigenvalue weighted by Gasteiger charge is -2.28. The van der Waals surface area contributed by atoms with E-state index in [9.17, 15) is 0 Å². The van der Waals surface area contributed by atoms with E-state index in [1.165, 1.54) is 16.7 Å². The molecule has 0 bridgehead atoms. The summed E-state index contributed by atoms with van der Waals surface area (Å²) in [6.07, 6.45) is 0. The third kappa shape index (κ3) is 5.74. The van der Waals surface area contributed by atoms with Gasteiger partial charge in [0.15, 0.2) is 0 Å². The minimum absolute atomic E-state index is 0.122.